The van der Waals surface area contributed by atoms with Crippen LogP contribution in [0.25, 0.3) is 0 Å². The Morgan fingerprint density at radius 3 is 2.33 bits per heavy atom. The van der Waals surface area contributed by atoms with E-state index in [1.54, 1.807) is 0 Å². The summed E-state index contributed by atoms with van der Waals surface area (Å²) >= 11 is 0. The molecule has 1 aliphatic rings. The van der Waals surface area contributed by atoms with Crippen LogP contribution in [0.2, 0.25) is 0 Å². The third-order valence-electron chi connectivity index (χ3n) is 3.07. The van der Waals surface area contributed by atoms with Crippen molar-refractivity contribution in [1.29, 1.82) is 0 Å². The van der Waals surface area contributed by atoms with E-state index >= 15 is 0 Å². The van der Waals surface area contributed by atoms with Gasteiger partial charge in [-0.1, -0.05) is 19.1 Å². The van der Waals surface area contributed by atoms with Crippen molar-refractivity contribution in [1.82, 2.24) is 0 Å². The summed E-state index contributed by atoms with van der Waals surface area (Å²) in [4.78, 5) is 0. The summed E-state index contributed by atoms with van der Waals surface area (Å²) in [6, 6.07) is 3.77. The fraction of sp³-hybridized carbons (Fsp3) is 0.385. The Morgan fingerprint density at radius 1 is 1.13 bits per heavy atom. The lowest BCUT2D eigenvalue weighted by Gasteiger charge is -2.29. The van der Waals surface area contributed by atoms with Crippen LogP contribution in [0.1, 0.15) is 31.7 Å². The van der Waals surface area contributed by atoms with Crippen molar-refractivity contribution in [3.05, 3.63) is 47.5 Å². The van der Waals surface area contributed by atoms with E-state index in [9.17, 15) is 8.78 Å². The molecule has 0 nitrogen and oxygen atoms in total. The van der Waals surface area contributed by atoms with Crippen LogP contribution >= 0.6 is 0 Å². The van der Waals surface area contributed by atoms with Crippen molar-refractivity contribution in [3.8, 4) is 0 Å². The van der Waals surface area contributed by atoms with E-state index in [0.29, 0.717) is 0 Å². The number of rotatable bonds is 1. The van der Waals surface area contributed by atoms with Gasteiger partial charge >= 0.3 is 0 Å². The molecule has 2 heteroatoms. The van der Waals surface area contributed by atoms with Crippen LogP contribution in [0.15, 0.2) is 30.4 Å². The zero-order valence-corrected chi connectivity index (χ0v) is 8.76. The standard InChI is InChI=1S/C13H14F2/c1-13(5-3-2-4-6-13)10-7-11(14)9-12(15)8-10/h3,5,7-9H,2,4,6H2,1H3/t13-/m0/s1. The molecule has 0 aliphatic heterocycles. The fourth-order valence-corrected chi connectivity index (χ4v) is 2.14. The highest BCUT2D eigenvalue weighted by molar-refractivity contribution is 5.32. The van der Waals surface area contributed by atoms with Crippen LogP contribution in [0.5, 0.6) is 0 Å². The van der Waals surface area contributed by atoms with Crippen LogP contribution < -0.4 is 0 Å². The van der Waals surface area contributed by atoms with Gasteiger partial charge in [0, 0.05) is 11.5 Å². The zero-order valence-electron chi connectivity index (χ0n) is 8.76. The third kappa shape index (κ3) is 2.09. The molecular formula is C13H14F2. The number of hydrogen-bond donors (Lipinski definition) is 0. The number of halogens is 2. The lowest BCUT2D eigenvalue weighted by atomic mass is 9.75. The van der Waals surface area contributed by atoms with Gasteiger partial charge in [0.05, 0.1) is 0 Å². The molecule has 0 bridgehead atoms. The third-order valence-corrected chi connectivity index (χ3v) is 3.07. The van der Waals surface area contributed by atoms with Crippen molar-refractivity contribution in [2.45, 2.75) is 31.6 Å². The second kappa shape index (κ2) is 3.76. The molecular weight excluding hydrogens is 194 g/mol. The first-order chi connectivity index (χ1) is 7.10. The largest absolute Gasteiger partial charge is 0.207 e. The van der Waals surface area contributed by atoms with Crippen LogP contribution in [-0.2, 0) is 5.41 Å². The molecule has 1 aliphatic carbocycles. The average molecular weight is 208 g/mol. The van der Waals surface area contributed by atoms with E-state index in [0.717, 1.165) is 30.9 Å². The van der Waals surface area contributed by atoms with Crippen molar-refractivity contribution < 1.29 is 8.78 Å². The smallest absolute Gasteiger partial charge is 0.126 e. The minimum absolute atomic E-state index is 0.207. The van der Waals surface area contributed by atoms with E-state index in [-0.39, 0.29) is 5.41 Å². The first-order valence-electron chi connectivity index (χ1n) is 5.24. The maximum atomic E-state index is 13.1. The highest BCUT2D eigenvalue weighted by atomic mass is 19.1. The van der Waals surface area contributed by atoms with E-state index in [1.165, 1.54) is 12.1 Å². The Bertz CT molecular complexity index is 375. The fourth-order valence-electron chi connectivity index (χ4n) is 2.14. The summed E-state index contributed by atoms with van der Waals surface area (Å²) in [5, 5.41) is 0. The SMILES string of the molecule is C[C@]1(c2cc(F)cc(F)c2)C=CCCC1. The Labute approximate surface area is 88.6 Å². The quantitative estimate of drug-likeness (QED) is 0.613. The molecule has 0 heterocycles. The summed E-state index contributed by atoms with van der Waals surface area (Å²) in [5.41, 5.74) is 0.525. The predicted octanol–water partition coefficient (Wildman–Crippen LogP) is 3.96. The van der Waals surface area contributed by atoms with Crippen LogP contribution in [-0.4, -0.2) is 0 Å². The van der Waals surface area contributed by atoms with E-state index in [2.05, 4.69) is 12.2 Å². The normalized spacial score (nSPS) is 25.5. The number of allylic oxidation sites excluding steroid dienone is 2. The average Bonchev–Trinajstić information content (AvgIpc) is 2.17. The summed E-state index contributed by atoms with van der Waals surface area (Å²) in [6.07, 6.45) is 7.24. The first kappa shape index (κ1) is 10.3. The van der Waals surface area contributed by atoms with Gasteiger partial charge in [0.25, 0.3) is 0 Å². The molecule has 0 unspecified atom stereocenters. The Morgan fingerprint density at radius 2 is 1.80 bits per heavy atom. The molecule has 1 aromatic carbocycles. The molecule has 2 rings (SSSR count). The number of hydrogen-bond acceptors (Lipinski definition) is 0. The maximum absolute atomic E-state index is 13.1. The molecule has 80 valence electrons. The van der Waals surface area contributed by atoms with Crippen LogP contribution in [0.3, 0.4) is 0 Å². The molecule has 0 N–H and O–H groups in total. The van der Waals surface area contributed by atoms with Gasteiger partial charge in [-0.2, -0.15) is 0 Å². The Balaban J connectivity index is 2.43. The Kier molecular flexibility index (Phi) is 2.59. The minimum atomic E-state index is -0.495. The van der Waals surface area contributed by atoms with Crippen molar-refractivity contribution in [2.75, 3.05) is 0 Å². The second-order valence-corrected chi connectivity index (χ2v) is 4.37. The highest BCUT2D eigenvalue weighted by Gasteiger charge is 2.25. The van der Waals surface area contributed by atoms with Crippen LogP contribution in [0, 0.1) is 11.6 Å². The monoisotopic (exact) mass is 208 g/mol. The van der Waals surface area contributed by atoms with Gasteiger partial charge in [-0.05, 0) is 37.0 Å². The molecule has 1 aromatic rings. The zero-order chi connectivity index (χ0) is 10.9. The van der Waals surface area contributed by atoms with Gasteiger partial charge < -0.3 is 0 Å². The second-order valence-electron chi connectivity index (χ2n) is 4.37. The van der Waals surface area contributed by atoms with Gasteiger partial charge in [0.1, 0.15) is 11.6 Å². The van der Waals surface area contributed by atoms with Crippen molar-refractivity contribution >= 4 is 0 Å². The van der Waals surface area contributed by atoms with Gasteiger partial charge in [0.15, 0.2) is 0 Å². The molecule has 0 amide bonds. The first-order valence-corrected chi connectivity index (χ1v) is 5.24. The molecule has 0 saturated carbocycles. The lowest BCUT2D eigenvalue weighted by molar-refractivity contribution is 0.485. The van der Waals surface area contributed by atoms with E-state index in [4.69, 9.17) is 0 Å². The molecule has 0 aromatic heterocycles. The maximum Gasteiger partial charge on any atom is 0.126 e. The van der Waals surface area contributed by atoms with Gasteiger partial charge in [-0.15, -0.1) is 0 Å². The predicted molar refractivity (Wildman–Crippen MR) is 56.7 cm³/mol. The topological polar surface area (TPSA) is 0 Å². The summed E-state index contributed by atoms with van der Waals surface area (Å²) in [7, 11) is 0. The van der Waals surface area contributed by atoms with Crippen molar-refractivity contribution in [3.63, 3.8) is 0 Å². The molecule has 0 radical (unpaired) electrons. The molecule has 0 fully saturated rings. The number of benzene rings is 1. The van der Waals surface area contributed by atoms with Gasteiger partial charge in [-0.25, -0.2) is 8.78 Å². The molecule has 0 spiro atoms. The minimum Gasteiger partial charge on any atom is -0.207 e. The molecule has 1 atom stereocenters. The summed E-state index contributed by atoms with van der Waals surface area (Å²) in [5.74, 6) is -0.990. The highest BCUT2D eigenvalue weighted by Crippen LogP contribution is 2.35. The lowest BCUT2D eigenvalue weighted by Crippen LogP contribution is -2.21. The van der Waals surface area contributed by atoms with Gasteiger partial charge in [-0.3, -0.25) is 0 Å². The molecule has 15 heavy (non-hydrogen) atoms. The molecule has 0 saturated heterocycles. The summed E-state index contributed by atoms with van der Waals surface area (Å²) in [6.45, 7) is 2.02. The van der Waals surface area contributed by atoms with E-state index in [1.807, 2.05) is 6.92 Å². The van der Waals surface area contributed by atoms with Crippen molar-refractivity contribution in [2.24, 2.45) is 0 Å². The van der Waals surface area contributed by atoms with Gasteiger partial charge in [0.2, 0.25) is 0 Å². The van der Waals surface area contributed by atoms with E-state index < -0.39 is 11.6 Å². The summed E-state index contributed by atoms with van der Waals surface area (Å²) < 4.78 is 26.2. The Hall–Kier alpha value is -1.18. The van der Waals surface area contributed by atoms with Crippen LogP contribution in [0.4, 0.5) is 8.78 Å².